The van der Waals surface area contributed by atoms with Gasteiger partial charge in [0.25, 0.3) is 10.0 Å². The Morgan fingerprint density at radius 3 is 2.61 bits per heavy atom. The van der Waals surface area contributed by atoms with Crippen LogP contribution in [0.1, 0.15) is 26.0 Å². The molecule has 1 aliphatic rings. The number of nitrogens with zero attached hydrogens (tertiary/aromatic N) is 2. The lowest BCUT2D eigenvalue weighted by Crippen LogP contribution is -2.19. The summed E-state index contributed by atoms with van der Waals surface area (Å²) >= 11 is 0. The molecule has 0 spiro atoms. The second-order valence-corrected chi connectivity index (χ2v) is 9.22. The first-order chi connectivity index (χ1) is 14.7. The second kappa shape index (κ2) is 9.18. The van der Waals surface area contributed by atoms with Crippen LogP contribution in [0.2, 0.25) is 0 Å². The third-order valence-corrected chi connectivity index (χ3v) is 5.84. The molecule has 1 aliphatic heterocycles. The molecule has 3 rings (SSSR count). The summed E-state index contributed by atoms with van der Waals surface area (Å²) in [5.74, 6) is 1.13. The first kappa shape index (κ1) is 22.3. The predicted octanol–water partition coefficient (Wildman–Crippen LogP) is 5.05. The van der Waals surface area contributed by atoms with Crippen molar-refractivity contribution in [1.82, 2.24) is 9.97 Å². The van der Waals surface area contributed by atoms with Gasteiger partial charge in [-0.1, -0.05) is 51.3 Å². The average molecular weight is 440 g/mol. The molecule has 162 valence electrons. The van der Waals surface area contributed by atoms with Gasteiger partial charge in [-0.05, 0) is 42.2 Å². The first-order valence-electron chi connectivity index (χ1n) is 9.68. The third kappa shape index (κ3) is 5.82. The fraction of sp³-hybridized carbons (Fsp3) is 0.217. The minimum absolute atomic E-state index is 0.0590. The maximum absolute atomic E-state index is 12.7. The zero-order valence-electron chi connectivity index (χ0n) is 17.5. The van der Waals surface area contributed by atoms with E-state index in [1.165, 1.54) is 18.2 Å². The van der Waals surface area contributed by atoms with E-state index in [4.69, 9.17) is 9.47 Å². The number of hydrogen-bond donors (Lipinski definition) is 1. The van der Waals surface area contributed by atoms with Gasteiger partial charge in [-0.15, -0.1) is 0 Å². The van der Waals surface area contributed by atoms with Crippen LogP contribution in [-0.4, -0.2) is 25.0 Å². The topological polar surface area (TPSA) is 90.4 Å². The quantitative estimate of drug-likeness (QED) is 0.579. The Morgan fingerprint density at radius 2 is 1.97 bits per heavy atom. The zero-order chi connectivity index (χ0) is 22.5. The van der Waals surface area contributed by atoms with E-state index in [1.54, 1.807) is 18.2 Å². The summed E-state index contributed by atoms with van der Waals surface area (Å²) in [4.78, 5) is 8.53. The van der Waals surface area contributed by atoms with Crippen molar-refractivity contribution in [1.29, 1.82) is 0 Å². The smallest absolute Gasteiger partial charge is 0.264 e. The number of rotatable bonds is 8. The van der Waals surface area contributed by atoms with Crippen LogP contribution in [0.15, 0.2) is 78.8 Å². The molecule has 2 heterocycles. The predicted molar refractivity (Wildman–Crippen MR) is 122 cm³/mol. The van der Waals surface area contributed by atoms with Gasteiger partial charge in [0.2, 0.25) is 11.8 Å². The largest absolute Gasteiger partial charge is 0.492 e. The number of ether oxygens (including phenoxy) is 2. The lowest BCUT2D eigenvalue weighted by atomic mass is 9.87. The summed E-state index contributed by atoms with van der Waals surface area (Å²) in [6.07, 6.45) is 6.74. The summed E-state index contributed by atoms with van der Waals surface area (Å²) in [6, 6.07) is 10.7. The summed E-state index contributed by atoms with van der Waals surface area (Å²) in [5.41, 5.74) is 0.334. The van der Waals surface area contributed by atoms with Gasteiger partial charge in [-0.25, -0.2) is 18.1 Å². The van der Waals surface area contributed by atoms with Gasteiger partial charge in [0.1, 0.15) is 17.2 Å². The fourth-order valence-corrected chi connectivity index (χ4v) is 3.81. The molecule has 0 amide bonds. The maximum Gasteiger partial charge on any atom is 0.264 e. The molecule has 0 saturated heterocycles. The van der Waals surface area contributed by atoms with Crippen LogP contribution in [0, 0.1) is 5.41 Å². The monoisotopic (exact) mass is 439 g/mol. The SMILES string of the molecule is C=C/C=C(\C=C)S(=O)(=O)Nc1nc(Oc2ccccc2)cc(C2=CC(C)(C)CCO2)n1. The Labute approximate surface area is 182 Å². The molecule has 0 unspecified atom stereocenters. The van der Waals surface area contributed by atoms with Crippen molar-refractivity contribution >= 4 is 21.7 Å². The summed E-state index contributed by atoms with van der Waals surface area (Å²) in [5, 5.41) is 0. The van der Waals surface area contributed by atoms with Crippen LogP contribution in [0.3, 0.4) is 0 Å². The first-order valence-corrected chi connectivity index (χ1v) is 11.2. The number of allylic oxidation sites excluding steroid dienone is 4. The molecular formula is C23H25N3O4S. The van der Waals surface area contributed by atoms with Crippen molar-refractivity contribution in [2.45, 2.75) is 20.3 Å². The number of nitrogens with one attached hydrogen (secondary N) is 1. The molecular weight excluding hydrogens is 414 g/mol. The van der Waals surface area contributed by atoms with Crippen molar-refractivity contribution in [3.63, 3.8) is 0 Å². The van der Waals surface area contributed by atoms with Gasteiger partial charge < -0.3 is 9.47 Å². The van der Waals surface area contributed by atoms with Crippen LogP contribution in [0.5, 0.6) is 11.6 Å². The van der Waals surface area contributed by atoms with E-state index < -0.39 is 10.0 Å². The average Bonchev–Trinajstić information content (AvgIpc) is 2.71. The van der Waals surface area contributed by atoms with E-state index in [1.807, 2.05) is 24.3 Å². The van der Waals surface area contributed by atoms with Crippen LogP contribution in [-0.2, 0) is 14.8 Å². The van der Waals surface area contributed by atoms with E-state index in [-0.39, 0.29) is 22.1 Å². The van der Waals surface area contributed by atoms with E-state index in [0.717, 1.165) is 6.42 Å². The minimum atomic E-state index is -3.97. The van der Waals surface area contributed by atoms with Crippen LogP contribution in [0.4, 0.5) is 5.95 Å². The van der Waals surface area contributed by atoms with Gasteiger partial charge in [0, 0.05) is 6.07 Å². The highest BCUT2D eigenvalue weighted by molar-refractivity contribution is 7.96. The number of hydrogen-bond acceptors (Lipinski definition) is 6. The Kier molecular flexibility index (Phi) is 6.60. The highest BCUT2D eigenvalue weighted by Gasteiger charge is 2.25. The molecule has 0 aliphatic carbocycles. The van der Waals surface area contributed by atoms with Gasteiger partial charge in [0.05, 0.1) is 11.5 Å². The van der Waals surface area contributed by atoms with Gasteiger partial charge in [-0.3, -0.25) is 0 Å². The van der Waals surface area contributed by atoms with Crippen LogP contribution < -0.4 is 9.46 Å². The molecule has 0 fully saturated rings. The lowest BCUT2D eigenvalue weighted by Gasteiger charge is -2.27. The summed E-state index contributed by atoms with van der Waals surface area (Å²) < 4.78 is 39.4. The molecule has 0 bridgehead atoms. The Morgan fingerprint density at radius 1 is 1.23 bits per heavy atom. The Balaban J connectivity index is 2.05. The number of aromatic nitrogens is 2. The van der Waals surface area contributed by atoms with Crippen LogP contribution >= 0.6 is 0 Å². The summed E-state index contributed by atoms with van der Waals surface area (Å²) in [7, 11) is -3.97. The van der Waals surface area contributed by atoms with Crippen molar-refractivity contribution in [2.75, 3.05) is 11.3 Å². The summed E-state index contributed by atoms with van der Waals surface area (Å²) in [6.45, 7) is 11.8. The second-order valence-electron chi connectivity index (χ2n) is 7.54. The van der Waals surface area contributed by atoms with Crippen LogP contribution in [0.25, 0.3) is 5.76 Å². The van der Waals surface area contributed by atoms with Gasteiger partial charge in [-0.2, -0.15) is 4.98 Å². The number of sulfonamides is 1. The Bertz CT molecular complexity index is 1140. The van der Waals surface area contributed by atoms with Crippen molar-refractivity contribution in [2.24, 2.45) is 5.41 Å². The third-order valence-electron chi connectivity index (χ3n) is 4.47. The molecule has 8 heteroatoms. The van der Waals surface area contributed by atoms with E-state index in [9.17, 15) is 8.42 Å². The normalized spacial score (nSPS) is 15.9. The standard InChI is InChI=1S/C23H25N3O4S/c1-5-10-18(6-2)31(27,28)26-22-24-19(20-16-23(3,4)13-14-29-20)15-21(25-22)30-17-11-8-7-9-12-17/h5-12,15-16H,1-2,13-14H2,3-4H3,(H,24,25,26)/b18-10+. The van der Waals surface area contributed by atoms with Crippen molar-refractivity contribution in [3.05, 3.63) is 84.5 Å². The highest BCUT2D eigenvalue weighted by Crippen LogP contribution is 2.34. The van der Waals surface area contributed by atoms with Gasteiger partial charge in [0.15, 0.2) is 0 Å². The van der Waals surface area contributed by atoms with E-state index in [2.05, 4.69) is 41.7 Å². The molecule has 1 N–H and O–H groups in total. The Hall–Kier alpha value is -3.39. The number of benzene rings is 1. The molecule has 31 heavy (non-hydrogen) atoms. The van der Waals surface area contributed by atoms with Crippen molar-refractivity contribution in [3.8, 4) is 11.6 Å². The minimum Gasteiger partial charge on any atom is -0.492 e. The molecule has 0 saturated carbocycles. The number of para-hydroxylation sites is 1. The molecule has 1 aromatic carbocycles. The maximum atomic E-state index is 12.7. The van der Waals surface area contributed by atoms with Crippen molar-refractivity contribution < 1.29 is 17.9 Å². The lowest BCUT2D eigenvalue weighted by molar-refractivity contribution is 0.202. The van der Waals surface area contributed by atoms with Gasteiger partial charge >= 0.3 is 0 Å². The fourth-order valence-electron chi connectivity index (χ4n) is 2.86. The molecule has 0 atom stereocenters. The molecule has 0 radical (unpaired) electrons. The molecule has 7 nitrogen and oxygen atoms in total. The number of anilines is 1. The molecule has 1 aromatic heterocycles. The zero-order valence-corrected chi connectivity index (χ0v) is 18.4. The highest BCUT2D eigenvalue weighted by atomic mass is 32.2. The molecule has 2 aromatic rings. The van der Waals surface area contributed by atoms with E-state index >= 15 is 0 Å². The van der Waals surface area contributed by atoms with E-state index in [0.29, 0.717) is 23.8 Å².